The number of aromatic amines is 1. The molecule has 9 nitrogen and oxygen atoms in total. The van der Waals surface area contributed by atoms with Gasteiger partial charge in [0, 0.05) is 25.5 Å². The molecular weight excluding hydrogens is 386 g/mol. The van der Waals surface area contributed by atoms with Gasteiger partial charge in [-0.1, -0.05) is 0 Å². The molecule has 4 rings (SSSR count). The van der Waals surface area contributed by atoms with Crippen molar-refractivity contribution in [3.63, 3.8) is 0 Å². The smallest absolute Gasteiger partial charge is 0.330 e. The maximum atomic E-state index is 15.3. The molecule has 3 aliphatic heterocycles. The molecule has 1 N–H and O–H groups in total. The minimum atomic E-state index is -1.63. The summed E-state index contributed by atoms with van der Waals surface area (Å²) >= 11 is 0. The molecule has 0 saturated carbocycles. The molecule has 0 radical (unpaired) electrons. The summed E-state index contributed by atoms with van der Waals surface area (Å²) in [6.07, 6.45) is 1.10. The lowest BCUT2D eigenvalue weighted by atomic mass is 10.1. The van der Waals surface area contributed by atoms with Crippen LogP contribution in [0.3, 0.4) is 0 Å². The van der Waals surface area contributed by atoms with E-state index in [1.807, 2.05) is 0 Å². The molecule has 0 aromatic carbocycles. The summed E-state index contributed by atoms with van der Waals surface area (Å²) in [6.45, 7) is 1.26. The van der Waals surface area contributed by atoms with Crippen molar-refractivity contribution in [3.05, 3.63) is 33.1 Å². The van der Waals surface area contributed by atoms with Gasteiger partial charge >= 0.3 is 5.69 Å². The van der Waals surface area contributed by atoms with E-state index < -0.39 is 42.1 Å². The average molecular weight is 413 g/mol. The lowest BCUT2D eigenvalue weighted by Gasteiger charge is -2.29. The van der Waals surface area contributed by atoms with Gasteiger partial charge < -0.3 is 23.7 Å². The normalized spacial score (nSPS) is 35.6. The van der Waals surface area contributed by atoms with Crippen molar-refractivity contribution in [3.8, 4) is 0 Å². The molecule has 0 aliphatic carbocycles. The Morgan fingerprint density at radius 2 is 1.83 bits per heavy atom. The Morgan fingerprint density at radius 3 is 2.48 bits per heavy atom. The summed E-state index contributed by atoms with van der Waals surface area (Å²) in [5.41, 5.74) is -1.30. The highest BCUT2D eigenvalue weighted by atomic mass is 18.2. The lowest BCUT2D eigenvalue weighted by molar-refractivity contribution is -0.220. The predicted octanol–water partition coefficient (Wildman–Crippen LogP) is 1.23. The van der Waals surface area contributed by atoms with Gasteiger partial charge in [-0.15, -0.1) is 0 Å². The zero-order valence-corrected chi connectivity index (χ0v) is 16.2. The minimum absolute atomic E-state index is 0.0665. The molecule has 29 heavy (non-hydrogen) atoms. The van der Waals surface area contributed by atoms with Crippen LogP contribution in [0.5, 0.6) is 0 Å². The van der Waals surface area contributed by atoms with Gasteiger partial charge in [0.2, 0.25) is 0 Å². The van der Waals surface area contributed by atoms with Gasteiger partial charge in [0.05, 0.1) is 6.61 Å². The maximum Gasteiger partial charge on any atom is 0.330 e. The van der Waals surface area contributed by atoms with E-state index in [9.17, 15) is 9.59 Å². The van der Waals surface area contributed by atoms with Crippen LogP contribution in [0.4, 0.5) is 4.39 Å². The number of halogens is 1. The first-order valence-electron chi connectivity index (χ1n) is 10.2. The van der Waals surface area contributed by atoms with Gasteiger partial charge in [-0.2, -0.15) is 0 Å². The van der Waals surface area contributed by atoms with Crippen LogP contribution in [0.15, 0.2) is 21.9 Å². The molecular formula is C19H27FN2O7. The second-order valence-electron chi connectivity index (χ2n) is 7.55. The zero-order chi connectivity index (χ0) is 20.2. The number of nitrogens with zero attached hydrogens (tertiary/aromatic N) is 1. The Hall–Kier alpha value is -1.59. The third-order valence-corrected chi connectivity index (χ3v) is 5.42. The van der Waals surface area contributed by atoms with Gasteiger partial charge in [0.15, 0.2) is 25.0 Å². The monoisotopic (exact) mass is 413 g/mol. The molecule has 0 spiro atoms. The molecule has 0 amide bonds. The standard InChI is InChI=1S/C19H27FN2O7/c20-16-17(29-15-6-2-4-10-26-15)12(11-27-14-5-1-3-9-25-14)28-18(16)22-8-7-13(23)21-19(22)24/h7-8,12,14-18H,1-6,9-11H2,(H,21,23,24)/t12-,14?,15?,16-,17-,18-/m1/s1/i20-1. The number of ether oxygens (including phenoxy) is 5. The molecule has 10 heteroatoms. The van der Waals surface area contributed by atoms with Crippen LogP contribution in [-0.4, -0.2) is 60.3 Å². The molecule has 0 bridgehead atoms. The van der Waals surface area contributed by atoms with Gasteiger partial charge in [-0.25, -0.2) is 9.18 Å². The fourth-order valence-electron chi connectivity index (χ4n) is 3.88. The molecule has 4 heterocycles. The van der Waals surface area contributed by atoms with E-state index in [0.29, 0.717) is 19.6 Å². The van der Waals surface area contributed by atoms with E-state index in [-0.39, 0.29) is 12.9 Å². The summed E-state index contributed by atoms with van der Waals surface area (Å²) in [4.78, 5) is 25.6. The van der Waals surface area contributed by atoms with Crippen LogP contribution in [-0.2, 0) is 23.7 Å². The van der Waals surface area contributed by atoms with Crippen LogP contribution in [0.2, 0.25) is 0 Å². The van der Waals surface area contributed by atoms with Crippen molar-refractivity contribution in [1.82, 2.24) is 9.55 Å². The van der Waals surface area contributed by atoms with Gasteiger partial charge in [0.25, 0.3) is 5.56 Å². The van der Waals surface area contributed by atoms with Crippen molar-refractivity contribution in [1.29, 1.82) is 0 Å². The van der Waals surface area contributed by atoms with E-state index >= 15 is 4.39 Å². The molecule has 1 aromatic rings. The van der Waals surface area contributed by atoms with Crippen LogP contribution in [0.25, 0.3) is 0 Å². The third-order valence-electron chi connectivity index (χ3n) is 5.42. The third kappa shape index (κ3) is 4.95. The van der Waals surface area contributed by atoms with Crippen molar-refractivity contribution in [2.24, 2.45) is 0 Å². The maximum absolute atomic E-state index is 15.3. The largest absolute Gasteiger partial charge is 0.353 e. The summed E-state index contributed by atoms with van der Waals surface area (Å²) < 4.78 is 45.0. The second-order valence-corrected chi connectivity index (χ2v) is 7.55. The van der Waals surface area contributed by atoms with E-state index in [4.69, 9.17) is 23.7 Å². The molecule has 3 fully saturated rings. The quantitative estimate of drug-likeness (QED) is 0.748. The van der Waals surface area contributed by atoms with Crippen LogP contribution >= 0.6 is 0 Å². The summed E-state index contributed by atoms with van der Waals surface area (Å²) in [7, 11) is 0. The first kappa shape index (κ1) is 20.7. The number of hydrogen-bond donors (Lipinski definition) is 1. The molecule has 3 saturated heterocycles. The minimum Gasteiger partial charge on any atom is -0.353 e. The Morgan fingerprint density at radius 1 is 1.10 bits per heavy atom. The van der Waals surface area contributed by atoms with Crippen LogP contribution in [0.1, 0.15) is 44.8 Å². The fraction of sp³-hybridized carbons (Fsp3) is 0.789. The summed E-state index contributed by atoms with van der Waals surface area (Å²) in [5.74, 6) is 0. The first-order chi connectivity index (χ1) is 14.1. The van der Waals surface area contributed by atoms with Gasteiger partial charge in [-0.3, -0.25) is 14.3 Å². The topological polar surface area (TPSA) is 101 Å². The number of aromatic nitrogens is 2. The van der Waals surface area contributed by atoms with Gasteiger partial charge in [-0.05, 0) is 38.5 Å². The first-order valence-corrected chi connectivity index (χ1v) is 10.2. The predicted molar refractivity (Wildman–Crippen MR) is 98.1 cm³/mol. The number of alkyl halides is 1. The van der Waals surface area contributed by atoms with E-state index in [0.717, 1.165) is 42.7 Å². The molecule has 1 aromatic heterocycles. The molecule has 6 atom stereocenters. The van der Waals surface area contributed by atoms with Crippen LogP contribution < -0.4 is 11.2 Å². The Balaban J connectivity index is 1.49. The molecule has 3 aliphatic rings. The Bertz CT molecular complexity index is 772. The summed E-state index contributed by atoms with van der Waals surface area (Å²) in [6, 6.07) is 1.15. The highest BCUT2D eigenvalue weighted by Crippen LogP contribution is 2.35. The average Bonchev–Trinajstić information content (AvgIpc) is 3.03. The van der Waals surface area contributed by atoms with Crippen molar-refractivity contribution in [2.75, 3.05) is 19.8 Å². The highest BCUT2D eigenvalue weighted by Gasteiger charge is 2.49. The summed E-state index contributed by atoms with van der Waals surface area (Å²) in [5, 5.41) is 0. The number of H-pyrrole nitrogens is 1. The number of nitrogens with one attached hydrogen (secondary N) is 1. The van der Waals surface area contributed by atoms with Crippen molar-refractivity contribution < 1.29 is 28.1 Å². The Kier molecular flexibility index (Phi) is 6.76. The van der Waals surface area contributed by atoms with Crippen molar-refractivity contribution >= 4 is 0 Å². The zero-order valence-electron chi connectivity index (χ0n) is 16.2. The second kappa shape index (κ2) is 9.48. The van der Waals surface area contributed by atoms with E-state index in [1.165, 1.54) is 6.20 Å². The van der Waals surface area contributed by atoms with Crippen molar-refractivity contribution in [2.45, 2.75) is 75.7 Å². The fourth-order valence-corrected chi connectivity index (χ4v) is 3.88. The SMILES string of the molecule is O=c1ccn([C@@H]2O[C@H](COC3CCCCO3)[C@@H](OC3CCCCO3)[C@H]2[18F])c(=O)[nH]1. The van der Waals surface area contributed by atoms with E-state index in [1.54, 1.807) is 0 Å². The number of hydrogen-bond acceptors (Lipinski definition) is 7. The van der Waals surface area contributed by atoms with Crippen LogP contribution in [0, 0.1) is 0 Å². The lowest BCUT2D eigenvalue weighted by Crippen LogP contribution is -2.41. The molecule has 162 valence electrons. The Labute approximate surface area is 167 Å². The van der Waals surface area contributed by atoms with E-state index in [2.05, 4.69) is 4.98 Å². The number of rotatable bonds is 6. The molecule has 2 unspecified atom stereocenters. The highest BCUT2D eigenvalue weighted by molar-refractivity contribution is 4.94. The van der Waals surface area contributed by atoms with Gasteiger partial charge in [0.1, 0.15) is 12.2 Å².